The fourth-order valence-corrected chi connectivity index (χ4v) is 0.664. The van der Waals surface area contributed by atoms with Crippen molar-refractivity contribution < 1.29 is 5.11 Å². The number of aliphatic hydroxyl groups excluding tert-OH is 1. The normalized spacial score (nSPS) is 22.6. The molecule has 0 aromatic carbocycles. The number of rotatable bonds is 2. The van der Waals surface area contributed by atoms with E-state index in [1.165, 1.54) is 0 Å². The minimum Gasteiger partial charge on any atom is -0.395 e. The highest BCUT2D eigenvalue weighted by Crippen LogP contribution is 2.44. The zero-order valence-electron chi connectivity index (χ0n) is 4.65. The Kier molecular flexibility index (Phi) is 1.01. The minimum absolute atomic E-state index is 0.0440. The Labute approximate surface area is 48.0 Å². The van der Waals surface area contributed by atoms with Gasteiger partial charge in [-0.15, -0.1) is 0 Å². The van der Waals surface area contributed by atoms with E-state index >= 15 is 0 Å². The van der Waals surface area contributed by atoms with Gasteiger partial charge in [-0.2, -0.15) is 0 Å². The predicted molar refractivity (Wildman–Crippen MR) is 30.7 cm³/mol. The molecule has 0 radical (unpaired) electrons. The maximum absolute atomic E-state index is 8.61. The summed E-state index contributed by atoms with van der Waals surface area (Å²) in [6.07, 6.45) is 1.78. The second-order valence-corrected chi connectivity index (χ2v) is 2.35. The summed E-state index contributed by atoms with van der Waals surface area (Å²) in [6, 6.07) is 0. The molecule has 0 spiro atoms. The first-order valence-electron chi connectivity index (χ1n) is 2.67. The van der Waals surface area contributed by atoms with Crippen LogP contribution in [0.1, 0.15) is 12.8 Å². The maximum atomic E-state index is 8.61. The first-order chi connectivity index (χ1) is 3.71. The van der Waals surface area contributed by atoms with Gasteiger partial charge in [0.05, 0.1) is 17.9 Å². The highest BCUT2D eigenvalue weighted by molar-refractivity contribution is 5.86. The van der Waals surface area contributed by atoms with E-state index in [0.29, 0.717) is 0 Å². The van der Waals surface area contributed by atoms with Crippen LogP contribution in [0.5, 0.6) is 0 Å². The largest absolute Gasteiger partial charge is 0.395 e. The number of aliphatic hydroxyl groups is 1. The number of nitrogens with two attached hydrogens (primary N) is 1. The fourth-order valence-electron chi connectivity index (χ4n) is 0.664. The molecule has 0 aromatic rings. The Bertz CT molecular complexity index is 118. The van der Waals surface area contributed by atoms with Crippen LogP contribution in [0, 0.1) is 10.8 Å². The molecule has 4 N–H and O–H groups in total. The van der Waals surface area contributed by atoms with Gasteiger partial charge in [-0.1, -0.05) is 0 Å². The van der Waals surface area contributed by atoms with E-state index < -0.39 is 0 Å². The third-order valence-corrected chi connectivity index (χ3v) is 1.73. The van der Waals surface area contributed by atoms with E-state index in [1.807, 2.05) is 0 Å². The highest BCUT2D eigenvalue weighted by Gasteiger charge is 2.45. The summed E-state index contributed by atoms with van der Waals surface area (Å²) in [6.45, 7) is 0.0440. The molecule has 46 valence electrons. The predicted octanol–water partition coefficient (Wildman–Crippen LogP) is -0.305. The number of nitrogens with one attached hydrogen (secondary N) is 1. The molecule has 1 fully saturated rings. The maximum Gasteiger partial charge on any atom is 0.0992 e. The van der Waals surface area contributed by atoms with E-state index in [9.17, 15) is 0 Å². The van der Waals surface area contributed by atoms with Crippen LogP contribution in [0.25, 0.3) is 0 Å². The summed E-state index contributed by atoms with van der Waals surface area (Å²) in [7, 11) is 0. The van der Waals surface area contributed by atoms with Crippen molar-refractivity contribution >= 4 is 5.84 Å². The average Bonchev–Trinajstić information content (AvgIpc) is 2.44. The Morgan fingerprint density at radius 1 is 1.75 bits per heavy atom. The molecular weight excluding hydrogens is 104 g/mol. The Morgan fingerprint density at radius 2 is 2.25 bits per heavy atom. The smallest absolute Gasteiger partial charge is 0.0992 e. The Morgan fingerprint density at radius 3 is 2.25 bits per heavy atom. The van der Waals surface area contributed by atoms with Crippen LogP contribution in [0.15, 0.2) is 0 Å². The van der Waals surface area contributed by atoms with E-state index in [0.717, 1.165) is 12.8 Å². The van der Waals surface area contributed by atoms with E-state index in [-0.39, 0.29) is 17.9 Å². The SMILES string of the molecule is N=C(N)C1(CO)CC1. The van der Waals surface area contributed by atoms with Gasteiger partial charge in [-0.3, -0.25) is 5.41 Å². The Hall–Kier alpha value is -0.570. The molecule has 0 atom stereocenters. The first-order valence-corrected chi connectivity index (χ1v) is 2.67. The van der Waals surface area contributed by atoms with Crippen molar-refractivity contribution in [3.8, 4) is 0 Å². The summed E-state index contributed by atoms with van der Waals surface area (Å²) in [5.74, 6) is 0.139. The van der Waals surface area contributed by atoms with Gasteiger partial charge in [-0.05, 0) is 12.8 Å². The molecule has 0 bridgehead atoms. The number of amidine groups is 1. The second kappa shape index (κ2) is 1.45. The van der Waals surface area contributed by atoms with Gasteiger partial charge >= 0.3 is 0 Å². The molecule has 0 aliphatic heterocycles. The summed E-state index contributed by atoms with van der Waals surface area (Å²) < 4.78 is 0. The summed E-state index contributed by atoms with van der Waals surface area (Å²) >= 11 is 0. The second-order valence-electron chi connectivity index (χ2n) is 2.35. The molecule has 0 unspecified atom stereocenters. The van der Waals surface area contributed by atoms with Crippen molar-refractivity contribution in [1.82, 2.24) is 0 Å². The molecule has 1 aliphatic carbocycles. The lowest BCUT2D eigenvalue weighted by molar-refractivity contribution is 0.250. The summed E-state index contributed by atoms with van der Waals surface area (Å²) in [5, 5.41) is 15.6. The lowest BCUT2D eigenvalue weighted by atomic mass is 10.1. The molecule has 1 aliphatic rings. The number of hydrogen-bond donors (Lipinski definition) is 3. The quantitative estimate of drug-likeness (QED) is 0.340. The van der Waals surface area contributed by atoms with Crippen molar-refractivity contribution in [3.05, 3.63) is 0 Å². The first kappa shape index (κ1) is 5.56. The lowest BCUT2D eigenvalue weighted by Gasteiger charge is -2.06. The number of hydrogen-bond acceptors (Lipinski definition) is 2. The van der Waals surface area contributed by atoms with Gasteiger partial charge in [0.25, 0.3) is 0 Å². The standard InChI is InChI=1S/C5H10N2O/c6-4(7)5(3-8)1-2-5/h8H,1-3H2,(H3,6,7). The Balaban J connectivity index is 2.53. The molecule has 3 nitrogen and oxygen atoms in total. The van der Waals surface area contributed by atoms with Crippen LogP contribution in [0.3, 0.4) is 0 Å². The zero-order valence-corrected chi connectivity index (χ0v) is 4.65. The summed E-state index contributed by atoms with van der Waals surface area (Å²) in [4.78, 5) is 0. The monoisotopic (exact) mass is 114 g/mol. The molecule has 0 heterocycles. The molecule has 0 aromatic heterocycles. The molecule has 1 saturated carbocycles. The van der Waals surface area contributed by atoms with Crippen molar-refractivity contribution in [2.24, 2.45) is 11.1 Å². The lowest BCUT2D eigenvalue weighted by Crippen LogP contribution is -2.26. The van der Waals surface area contributed by atoms with E-state index in [1.54, 1.807) is 0 Å². The van der Waals surface area contributed by atoms with Crippen LogP contribution < -0.4 is 5.73 Å². The van der Waals surface area contributed by atoms with Crippen molar-refractivity contribution in [2.75, 3.05) is 6.61 Å². The van der Waals surface area contributed by atoms with Gasteiger partial charge in [0.2, 0.25) is 0 Å². The van der Waals surface area contributed by atoms with Crippen molar-refractivity contribution in [1.29, 1.82) is 5.41 Å². The third kappa shape index (κ3) is 0.591. The van der Waals surface area contributed by atoms with E-state index in [4.69, 9.17) is 16.2 Å². The van der Waals surface area contributed by atoms with Gasteiger partial charge in [-0.25, -0.2) is 0 Å². The van der Waals surface area contributed by atoms with Gasteiger partial charge < -0.3 is 10.8 Å². The topological polar surface area (TPSA) is 70.1 Å². The zero-order chi connectivity index (χ0) is 6.20. The highest BCUT2D eigenvalue weighted by atomic mass is 16.3. The van der Waals surface area contributed by atoms with Crippen molar-refractivity contribution in [3.63, 3.8) is 0 Å². The van der Waals surface area contributed by atoms with Crippen LogP contribution >= 0.6 is 0 Å². The van der Waals surface area contributed by atoms with Crippen LogP contribution in [0.2, 0.25) is 0 Å². The van der Waals surface area contributed by atoms with Crippen LogP contribution in [0.4, 0.5) is 0 Å². The molecule has 1 rings (SSSR count). The molecule has 8 heavy (non-hydrogen) atoms. The fraction of sp³-hybridized carbons (Fsp3) is 0.800. The van der Waals surface area contributed by atoms with Crippen LogP contribution in [-0.4, -0.2) is 17.5 Å². The summed E-state index contributed by atoms with van der Waals surface area (Å²) in [5.41, 5.74) is 4.87. The van der Waals surface area contributed by atoms with Gasteiger partial charge in [0.15, 0.2) is 0 Å². The third-order valence-electron chi connectivity index (χ3n) is 1.73. The minimum atomic E-state index is -0.292. The van der Waals surface area contributed by atoms with Crippen LogP contribution in [-0.2, 0) is 0 Å². The molecule has 3 heteroatoms. The van der Waals surface area contributed by atoms with Gasteiger partial charge in [0, 0.05) is 0 Å². The van der Waals surface area contributed by atoms with Gasteiger partial charge in [0.1, 0.15) is 0 Å². The van der Waals surface area contributed by atoms with E-state index in [2.05, 4.69) is 0 Å². The molecular formula is C5H10N2O. The molecule has 0 saturated heterocycles. The van der Waals surface area contributed by atoms with Crippen molar-refractivity contribution in [2.45, 2.75) is 12.8 Å². The molecule has 0 amide bonds. The average molecular weight is 114 g/mol.